The van der Waals surface area contributed by atoms with E-state index in [0.29, 0.717) is 11.3 Å². The third-order valence-electron chi connectivity index (χ3n) is 2.32. The number of hydrogen-bond donors (Lipinski definition) is 1. The van der Waals surface area contributed by atoms with E-state index in [1.54, 1.807) is 0 Å². The van der Waals surface area contributed by atoms with Crippen molar-refractivity contribution in [2.24, 2.45) is 0 Å². The minimum atomic E-state index is -4.42. The van der Waals surface area contributed by atoms with E-state index in [4.69, 9.17) is 4.74 Å². The van der Waals surface area contributed by atoms with Crippen LogP contribution in [0, 0.1) is 0 Å². The quantitative estimate of drug-likeness (QED) is 0.878. The van der Waals surface area contributed by atoms with Gasteiger partial charge < -0.3 is 9.72 Å². The Labute approximate surface area is 95.3 Å². The van der Waals surface area contributed by atoms with Crippen LogP contribution in [0.1, 0.15) is 5.56 Å². The van der Waals surface area contributed by atoms with E-state index in [0.717, 1.165) is 6.07 Å². The Bertz CT molecular complexity index is 506. The molecule has 1 aromatic heterocycles. The molecule has 0 fully saturated rings. The van der Waals surface area contributed by atoms with Crippen molar-refractivity contribution in [3.05, 3.63) is 36.3 Å². The number of ether oxygens (including phenoxy) is 1. The van der Waals surface area contributed by atoms with Gasteiger partial charge in [-0.1, -0.05) is 6.07 Å². The molecule has 1 heterocycles. The summed E-state index contributed by atoms with van der Waals surface area (Å²) in [4.78, 5) is 6.62. The van der Waals surface area contributed by atoms with E-state index in [9.17, 15) is 13.2 Å². The second kappa shape index (κ2) is 4.12. The van der Waals surface area contributed by atoms with Crippen LogP contribution in [0.15, 0.2) is 30.7 Å². The SMILES string of the molecule is COc1cc(-c2cnc[nH]2)ccc1C(F)(F)F. The van der Waals surface area contributed by atoms with Crippen molar-refractivity contribution >= 4 is 0 Å². The number of nitrogens with zero attached hydrogens (tertiary/aromatic N) is 1. The van der Waals surface area contributed by atoms with Crippen LogP contribution in [0.5, 0.6) is 5.75 Å². The minimum Gasteiger partial charge on any atom is -0.496 e. The topological polar surface area (TPSA) is 37.9 Å². The first-order valence-electron chi connectivity index (χ1n) is 4.76. The molecule has 1 aromatic carbocycles. The summed E-state index contributed by atoms with van der Waals surface area (Å²) >= 11 is 0. The molecule has 2 aromatic rings. The lowest BCUT2D eigenvalue weighted by Gasteiger charge is -2.12. The van der Waals surface area contributed by atoms with Gasteiger partial charge in [-0.3, -0.25) is 0 Å². The van der Waals surface area contributed by atoms with Gasteiger partial charge in [0.2, 0.25) is 0 Å². The Morgan fingerprint density at radius 2 is 2.06 bits per heavy atom. The Hall–Kier alpha value is -1.98. The van der Waals surface area contributed by atoms with Crippen molar-refractivity contribution in [2.45, 2.75) is 6.18 Å². The molecule has 0 bridgehead atoms. The molecule has 0 saturated carbocycles. The summed E-state index contributed by atoms with van der Waals surface area (Å²) < 4.78 is 42.6. The summed E-state index contributed by atoms with van der Waals surface area (Å²) in [6.07, 6.45) is -1.43. The van der Waals surface area contributed by atoms with Gasteiger partial charge in [-0.15, -0.1) is 0 Å². The fraction of sp³-hybridized carbons (Fsp3) is 0.182. The number of H-pyrrole nitrogens is 1. The molecular weight excluding hydrogens is 233 g/mol. The average molecular weight is 242 g/mol. The van der Waals surface area contributed by atoms with Crippen LogP contribution in [0.4, 0.5) is 13.2 Å². The second-order valence-corrected chi connectivity index (χ2v) is 3.38. The van der Waals surface area contributed by atoms with Crippen molar-refractivity contribution in [3.8, 4) is 17.0 Å². The largest absolute Gasteiger partial charge is 0.496 e. The zero-order chi connectivity index (χ0) is 12.5. The van der Waals surface area contributed by atoms with Gasteiger partial charge in [0.25, 0.3) is 0 Å². The first-order chi connectivity index (χ1) is 8.02. The molecule has 1 N–H and O–H groups in total. The fourth-order valence-corrected chi connectivity index (χ4v) is 1.51. The lowest BCUT2D eigenvalue weighted by molar-refractivity contribution is -0.138. The molecule has 0 amide bonds. The molecule has 6 heteroatoms. The Morgan fingerprint density at radius 1 is 1.29 bits per heavy atom. The molecule has 3 nitrogen and oxygen atoms in total. The lowest BCUT2D eigenvalue weighted by atomic mass is 10.1. The first-order valence-corrected chi connectivity index (χ1v) is 4.76. The third-order valence-corrected chi connectivity index (χ3v) is 2.32. The summed E-state index contributed by atoms with van der Waals surface area (Å²) in [6.45, 7) is 0. The van der Waals surface area contributed by atoms with Gasteiger partial charge in [0, 0.05) is 5.56 Å². The smallest absolute Gasteiger partial charge is 0.419 e. The summed E-state index contributed by atoms with van der Waals surface area (Å²) in [5.41, 5.74) is 0.438. The van der Waals surface area contributed by atoms with Crippen molar-refractivity contribution in [3.63, 3.8) is 0 Å². The molecule has 0 aliphatic rings. The fourth-order valence-electron chi connectivity index (χ4n) is 1.51. The number of imidazole rings is 1. The Morgan fingerprint density at radius 3 is 2.59 bits per heavy atom. The Balaban J connectivity index is 2.49. The summed E-state index contributed by atoms with van der Waals surface area (Å²) in [6, 6.07) is 3.70. The maximum Gasteiger partial charge on any atom is 0.419 e. The molecule has 17 heavy (non-hydrogen) atoms. The minimum absolute atomic E-state index is 0.204. The number of methoxy groups -OCH3 is 1. The molecule has 90 valence electrons. The van der Waals surface area contributed by atoms with Crippen molar-refractivity contribution in [1.29, 1.82) is 0 Å². The second-order valence-electron chi connectivity index (χ2n) is 3.38. The normalized spacial score (nSPS) is 11.5. The Kier molecular flexibility index (Phi) is 2.79. The average Bonchev–Trinajstić information content (AvgIpc) is 2.80. The van der Waals surface area contributed by atoms with E-state index < -0.39 is 11.7 Å². The maximum absolute atomic E-state index is 12.6. The van der Waals surface area contributed by atoms with Gasteiger partial charge in [-0.05, 0) is 12.1 Å². The van der Waals surface area contributed by atoms with Crippen LogP contribution in [-0.4, -0.2) is 17.1 Å². The highest BCUT2D eigenvalue weighted by Crippen LogP contribution is 2.37. The van der Waals surface area contributed by atoms with Gasteiger partial charge in [0.15, 0.2) is 0 Å². The molecular formula is C11H9F3N2O. The highest BCUT2D eigenvalue weighted by atomic mass is 19.4. The molecule has 2 rings (SSSR count). The number of nitrogens with one attached hydrogen (secondary N) is 1. The molecule has 0 aliphatic heterocycles. The van der Waals surface area contributed by atoms with Crippen molar-refractivity contribution < 1.29 is 17.9 Å². The number of rotatable bonds is 2. The van der Waals surface area contributed by atoms with Crippen LogP contribution < -0.4 is 4.74 Å². The van der Waals surface area contributed by atoms with Crippen LogP contribution in [0.2, 0.25) is 0 Å². The summed E-state index contributed by atoms with van der Waals surface area (Å²) in [5, 5.41) is 0. The number of aromatic nitrogens is 2. The number of alkyl halides is 3. The van der Waals surface area contributed by atoms with E-state index in [2.05, 4.69) is 9.97 Å². The predicted octanol–water partition coefficient (Wildman–Crippen LogP) is 3.10. The number of benzene rings is 1. The van der Waals surface area contributed by atoms with E-state index in [1.165, 1.54) is 31.8 Å². The lowest BCUT2D eigenvalue weighted by Crippen LogP contribution is -2.07. The third kappa shape index (κ3) is 2.25. The zero-order valence-electron chi connectivity index (χ0n) is 8.88. The van der Waals surface area contributed by atoms with Crippen LogP contribution in [0.25, 0.3) is 11.3 Å². The number of aromatic amines is 1. The predicted molar refractivity (Wildman–Crippen MR) is 55.6 cm³/mol. The summed E-state index contributed by atoms with van der Waals surface area (Å²) in [5.74, 6) is -0.204. The monoisotopic (exact) mass is 242 g/mol. The number of hydrogen-bond acceptors (Lipinski definition) is 2. The van der Waals surface area contributed by atoms with Crippen LogP contribution in [0.3, 0.4) is 0 Å². The molecule has 0 radical (unpaired) electrons. The summed E-state index contributed by atoms with van der Waals surface area (Å²) in [7, 11) is 1.21. The van der Waals surface area contributed by atoms with Crippen molar-refractivity contribution in [2.75, 3.05) is 7.11 Å². The van der Waals surface area contributed by atoms with Gasteiger partial charge in [-0.25, -0.2) is 4.98 Å². The highest BCUT2D eigenvalue weighted by Gasteiger charge is 2.34. The van der Waals surface area contributed by atoms with E-state index in [1.807, 2.05) is 0 Å². The van der Waals surface area contributed by atoms with Crippen molar-refractivity contribution in [1.82, 2.24) is 9.97 Å². The first kappa shape index (κ1) is 11.5. The van der Waals surface area contributed by atoms with Gasteiger partial charge >= 0.3 is 6.18 Å². The zero-order valence-corrected chi connectivity index (χ0v) is 8.88. The highest BCUT2D eigenvalue weighted by molar-refractivity contribution is 5.62. The molecule has 0 spiro atoms. The standard InChI is InChI=1S/C11H9F3N2O/c1-17-10-4-7(9-5-15-6-16-9)2-3-8(10)11(12,13)14/h2-6H,1H3,(H,15,16). The molecule has 0 aliphatic carbocycles. The van der Waals surface area contributed by atoms with Crippen LogP contribution >= 0.6 is 0 Å². The van der Waals surface area contributed by atoms with Crippen LogP contribution in [-0.2, 0) is 6.18 Å². The van der Waals surface area contributed by atoms with Gasteiger partial charge in [0.05, 0.1) is 30.9 Å². The van der Waals surface area contributed by atoms with Gasteiger partial charge in [0.1, 0.15) is 5.75 Å². The number of halogens is 3. The van der Waals surface area contributed by atoms with Gasteiger partial charge in [-0.2, -0.15) is 13.2 Å². The van der Waals surface area contributed by atoms with E-state index in [-0.39, 0.29) is 5.75 Å². The maximum atomic E-state index is 12.6. The van der Waals surface area contributed by atoms with E-state index >= 15 is 0 Å². The molecule has 0 saturated heterocycles. The molecule has 0 unspecified atom stereocenters. The molecule has 0 atom stereocenters.